The first-order valence-corrected chi connectivity index (χ1v) is 7.29. The molecule has 0 aliphatic carbocycles. The van der Waals surface area contributed by atoms with Crippen molar-refractivity contribution in [3.63, 3.8) is 0 Å². The van der Waals surface area contributed by atoms with Gasteiger partial charge in [-0.1, -0.05) is 13.0 Å². The molecule has 0 saturated carbocycles. The number of hydrogen-bond acceptors (Lipinski definition) is 3. The molecule has 0 amide bonds. The van der Waals surface area contributed by atoms with Crippen LogP contribution < -0.4 is 10.2 Å². The molecule has 0 aromatic carbocycles. The van der Waals surface area contributed by atoms with Gasteiger partial charge in [0.05, 0.1) is 0 Å². The molecule has 3 heterocycles. The van der Waals surface area contributed by atoms with Crippen LogP contribution in [-0.4, -0.2) is 35.1 Å². The first kappa shape index (κ1) is 12.5. The Balaban J connectivity index is 1.79. The van der Waals surface area contributed by atoms with Crippen LogP contribution in [0.1, 0.15) is 26.2 Å². The predicted molar refractivity (Wildman–Crippen MR) is 78.7 cm³/mol. The number of hydrogen-bond donors (Lipinski definition) is 1. The van der Waals surface area contributed by atoms with Crippen molar-refractivity contribution in [2.75, 3.05) is 24.5 Å². The van der Waals surface area contributed by atoms with Crippen LogP contribution in [-0.2, 0) is 0 Å². The van der Waals surface area contributed by atoms with E-state index in [0.29, 0.717) is 6.04 Å². The molecule has 4 nitrogen and oxygen atoms in total. The van der Waals surface area contributed by atoms with Gasteiger partial charge >= 0.3 is 0 Å². The summed E-state index contributed by atoms with van der Waals surface area (Å²) in [5.41, 5.74) is 1.03. The summed E-state index contributed by atoms with van der Waals surface area (Å²) < 4.78 is 2.18. The van der Waals surface area contributed by atoms with Gasteiger partial charge in [0, 0.05) is 31.5 Å². The molecule has 1 aliphatic heterocycles. The summed E-state index contributed by atoms with van der Waals surface area (Å²) in [5, 5.41) is 3.65. The number of nitrogens with zero attached hydrogens (tertiary/aromatic N) is 3. The quantitative estimate of drug-likeness (QED) is 0.913. The van der Waals surface area contributed by atoms with E-state index in [4.69, 9.17) is 0 Å². The smallest absolute Gasteiger partial charge is 0.138 e. The largest absolute Gasteiger partial charge is 0.356 e. The summed E-state index contributed by atoms with van der Waals surface area (Å²) in [4.78, 5) is 6.84. The number of rotatable bonds is 4. The van der Waals surface area contributed by atoms with Crippen LogP contribution in [0, 0.1) is 0 Å². The number of pyridine rings is 1. The fourth-order valence-corrected chi connectivity index (χ4v) is 2.89. The van der Waals surface area contributed by atoms with E-state index < -0.39 is 0 Å². The van der Waals surface area contributed by atoms with Gasteiger partial charge in [-0.2, -0.15) is 0 Å². The topological polar surface area (TPSA) is 32.6 Å². The molecule has 2 aromatic rings. The Labute approximate surface area is 114 Å². The summed E-state index contributed by atoms with van der Waals surface area (Å²) in [6, 6.07) is 6.96. The zero-order valence-corrected chi connectivity index (χ0v) is 11.5. The van der Waals surface area contributed by atoms with Crippen LogP contribution in [0.3, 0.4) is 0 Å². The molecule has 1 unspecified atom stereocenters. The molecule has 0 bridgehead atoms. The molecule has 1 fully saturated rings. The Kier molecular flexibility index (Phi) is 3.69. The Morgan fingerprint density at radius 3 is 3.26 bits per heavy atom. The second kappa shape index (κ2) is 5.61. The molecular formula is C15H22N4. The van der Waals surface area contributed by atoms with Crippen LogP contribution >= 0.6 is 0 Å². The van der Waals surface area contributed by atoms with Crippen LogP contribution in [0.4, 0.5) is 5.82 Å². The second-order valence-corrected chi connectivity index (χ2v) is 5.28. The fourth-order valence-electron chi connectivity index (χ4n) is 2.89. The van der Waals surface area contributed by atoms with Crippen molar-refractivity contribution < 1.29 is 0 Å². The Hall–Kier alpha value is -1.55. The molecule has 0 spiro atoms. The number of piperidine rings is 1. The molecule has 3 rings (SSSR count). The molecule has 102 valence electrons. The van der Waals surface area contributed by atoms with Crippen LogP contribution in [0.25, 0.3) is 5.65 Å². The lowest BCUT2D eigenvalue weighted by atomic mass is 10.1. The Morgan fingerprint density at radius 1 is 1.42 bits per heavy atom. The lowest BCUT2D eigenvalue weighted by molar-refractivity contribution is 0.421. The van der Waals surface area contributed by atoms with E-state index in [1.54, 1.807) is 0 Å². The Bertz CT molecular complexity index is 534. The monoisotopic (exact) mass is 258 g/mol. The summed E-state index contributed by atoms with van der Waals surface area (Å²) in [6.45, 7) is 5.58. The second-order valence-electron chi connectivity index (χ2n) is 5.28. The highest BCUT2D eigenvalue weighted by molar-refractivity contribution is 5.51. The summed E-state index contributed by atoms with van der Waals surface area (Å²) >= 11 is 0. The van der Waals surface area contributed by atoms with Gasteiger partial charge in [-0.05, 0) is 37.9 Å². The van der Waals surface area contributed by atoms with Crippen LogP contribution in [0.2, 0.25) is 0 Å². The van der Waals surface area contributed by atoms with Gasteiger partial charge in [-0.25, -0.2) is 4.98 Å². The lowest BCUT2D eigenvalue weighted by Crippen LogP contribution is -2.46. The van der Waals surface area contributed by atoms with Gasteiger partial charge in [0.25, 0.3) is 0 Å². The summed E-state index contributed by atoms with van der Waals surface area (Å²) in [7, 11) is 0. The third kappa shape index (κ3) is 2.59. The van der Waals surface area contributed by atoms with Crippen molar-refractivity contribution in [2.45, 2.75) is 32.2 Å². The first-order valence-electron chi connectivity index (χ1n) is 7.29. The van der Waals surface area contributed by atoms with E-state index in [9.17, 15) is 0 Å². The highest BCUT2D eigenvalue weighted by Gasteiger charge is 2.20. The van der Waals surface area contributed by atoms with Crippen molar-refractivity contribution in [3.05, 3.63) is 30.6 Å². The minimum absolute atomic E-state index is 0.618. The summed E-state index contributed by atoms with van der Waals surface area (Å²) in [6.07, 6.45) is 7.67. The average molecular weight is 258 g/mol. The molecule has 0 radical (unpaired) electrons. The molecule has 1 saturated heterocycles. The van der Waals surface area contributed by atoms with E-state index in [2.05, 4.69) is 44.7 Å². The van der Waals surface area contributed by atoms with Crippen LogP contribution in [0.15, 0.2) is 30.6 Å². The molecular weight excluding hydrogens is 236 g/mol. The average Bonchev–Trinajstić information content (AvgIpc) is 2.93. The fraction of sp³-hybridized carbons (Fsp3) is 0.533. The molecule has 1 aliphatic rings. The summed E-state index contributed by atoms with van der Waals surface area (Å²) in [5.74, 6) is 1.26. The van der Waals surface area contributed by atoms with Crippen molar-refractivity contribution in [3.8, 4) is 0 Å². The molecule has 19 heavy (non-hydrogen) atoms. The number of imidazole rings is 1. The minimum Gasteiger partial charge on any atom is -0.356 e. The molecule has 1 atom stereocenters. The maximum Gasteiger partial charge on any atom is 0.138 e. The highest BCUT2D eigenvalue weighted by Crippen LogP contribution is 2.21. The predicted octanol–water partition coefficient (Wildman–Crippen LogP) is 2.30. The highest BCUT2D eigenvalue weighted by atomic mass is 15.2. The van der Waals surface area contributed by atoms with Crippen molar-refractivity contribution in [1.29, 1.82) is 0 Å². The molecule has 4 heteroatoms. The van der Waals surface area contributed by atoms with Gasteiger partial charge in [0.15, 0.2) is 0 Å². The van der Waals surface area contributed by atoms with E-state index in [-0.39, 0.29) is 0 Å². The maximum atomic E-state index is 4.36. The standard InChI is InChI=1S/C15H22N4/c1-2-8-16-13-5-4-10-18(12-13)15-7-3-6-14-17-9-11-19(14)15/h3,6-7,9,11,13,16H,2,4-5,8,10,12H2,1H3. The lowest BCUT2D eigenvalue weighted by Gasteiger charge is -2.35. The van der Waals surface area contributed by atoms with Crippen molar-refractivity contribution >= 4 is 11.5 Å². The third-order valence-corrected chi connectivity index (χ3v) is 3.84. The van der Waals surface area contributed by atoms with Gasteiger partial charge in [0.2, 0.25) is 0 Å². The third-order valence-electron chi connectivity index (χ3n) is 3.84. The normalized spacial score (nSPS) is 20.1. The van der Waals surface area contributed by atoms with Gasteiger partial charge in [-0.15, -0.1) is 0 Å². The molecule has 1 N–H and O–H groups in total. The SMILES string of the molecule is CCCNC1CCCN(c2cccc3nccn23)C1. The Morgan fingerprint density at radius 2 is 2.37 bits per heavy atom. The number of aromatic nitrogens is 2. The van der Waals surface area contributed by atoms with Gasteiger partial charge in [0.1, 0.15) is 11.5 Å². The van der Waals surface area contributed by atoms with E-state index >= 15 is 0 Å². The van der Waals surface area contributed by atoms with Crippen molar-refractivity contribution in [1.82, 2.24) is 14.7 Å². The van der Waals surface area contributed by atoms with Crippen molar-refractivity contribution in [2.24, 2.45) is 0 Å². The zero-order valence-electron chi connectivity index (χ0n) is 11.5. The zero-order chi connectivity index (χ0) is 13.1. The number of nitrogens with one attached hydrogen (secondary N) is 1. The minimum atomic E-state index is 0.618. The van der Waals surface area contributed by atoms with Crippen LogP contribution in [0.5, 0.6) is 0 Å². The number of fused-ring (bicyclic) bond motifs is 1. The number of anilines is 1. The van der Waals surface area contributed by atoms with E-state index in [1.807, 2.05) is 12.4 Å². The maximum absolute atomic E-state index is 4.36. The first-order chi connectivity index (χ1) is 9.38. The van der Waals surface area contributed by atoms with Gasteiger partial charge < -0.3 is 10.2 Å². The van der Waals surface area contributed by atoms with Gasteiger partial charge in [-0.3, -0.25) is 4.40 Å². The molecule has 2 aromatic heterocycles. The van der Waals surface area contributed by atoms with E-state index in [0.717, 1.165) is 25.3 Å². The van der Waals surface area contributed by atoms with E-state index in [1.165, 1.54) is 25.1 Å².